The fraction of sp³-hybridized carbons (Fsp3) is 0.360. The van der Waals surface area contributed by atoms with Gasteiger partial charge in [-0.15, -0.1) is 0 Å². The number of carbonyl (C=O) groups is 2. The van der Waals surface area contributed by atoms with Crippen molar-refractivity contribution in [3.63, 3.8) is 0 Å². The molecule has 2 aromatic rings. The molecule has 2 aromatic carbocycles. The molecule has 1 amide bonds. The number of ketones is 1. The SMILES string of the molecule is COc1ccc(OC)c(C2/C(=C(\O)c3cc(C)ccc3C)C(=O)C(=O)N2CCN(C)C)c1. The summed E-state index contributed by atoms with van der Waals surface area (Å²) in [7, 11) is 6.87. The molecule has 1 heterocycles. The van der Waals surface area contributed by atoms with Gasteiger partial charge in [-0.3, -0.25) is 9.59 Å². The normalized spacial score (nSPS) is 17.8. The Morgan fingerprint density at radius 3 is 2.41 bits per heavy atom. The van der Waals surface area contributed by atoms with Crippen LogP contribution in [0.3, 0.4) is 0 Å². The zero-order chi connectivity index (χ0) is 23.6. The van der Waals surface area contributed by atoms with Gasteiger partial charge in [0.25, 0.3) is 11.7 Å². The molecule has 0 aliphatic carbocycles. The molecule has 7 nitrogen and oxygen atoms in total. The first-order valence-corrected chi connectivity index (χ1v) is 10.4. The minimum absolute atomic E-state index is 0.0500. The van der Waals surface area contributed by atoms with Gasteiger partial charge in [-0.2, -0.15) is 0 Å². The van der Waals surface area contributed by atoms with E-state index >= 15 is 0 Å². The van der Waals surface area contributed by atoms with E-state index in [1.165, 1.54) is 12.0 Å². The lowest BCUT2D eigenvalue weighted by atomic mass is 9.92. The molecule has 0 aromatic heterocycles. The van der Waals surface area contributed by atoms with Crippen molar-refractivity contribution < 1.29 is 24.2 Å². The molecular formula is C25H30N2O5. The lowest BCUT2D eigenvalue weighted by Gasteiger charge is -2.28. The van der Waals surface area contributed by atoms with E-state index < -0.39 is 17.7 Å². The van der Waals surface area contributed by atoms with Crippen LogP contribution in [0.1, 0.15) is 28.3 Å². The molecule has 1 aliphatic heterocycles. The first-order chi connectivity index (χ1) is 15.2. The molecule has 0 saturated carbocycles. The average molecular weight is 439 g/mol. The Bertz CT molecular complexity index is 1070. The second-order valence-electron chi connectivity index (χ2n) is 8.22. The number of Topliss-reactive ketones (excluding diaryl/α,β-unsaturated/α-hetero) is 1. The fourth-order valence-electron chi connectivity index (χ4n) is 3.93. The third-order valence-electron chi connectivity index (χ3n) is 5.71. The van der Waals surface area contributed by atoms with E-state index in [4.69, 9.17) is 9.47 Å². The maximum absolute atomic E-state index is 13.2. The molecule has 170 valence electrons. The van der Waals surface area contributed by atoms with Crippen LogP contribution in [-0.2, 0) is 9.59 Å². The molecule has 1 saturated heterocycles. The van der Waals surface area contributed by atoms with Crippen molar-refractivity contribution in [2.45, 2.75) is 19.9 Å². The van der Waals surface area contributed by atoms with Gasteiger partial charge in [-0.25, -0.2) is 0 Å². The number of amides is 1. The number of nitrogens with zero attached hydrogens (tertiary/aromatic N) is 2. The smallest absolute Gasteiger partial charge is 0.295 e. The van der Waals surface area contributed by atoms with Gasteiger partial charge in [0.15, 0.2) is 0 Å². The summed E-state index contributed by atoms with van der Waals surface area (Å²) >= 11 is 0. The highest BCUT2D eigenvalue weighted by Crippen LogP contribution is 2.44. The summed E-state index contributed by atoms with van der Waals surface area (Å²) in [4.78, 5) is 29.7. The maximum atomic E-state index is 13.2. The van der Waals surface area contributed by atoms with Crippen LogP contribution in [0.25, 0.3) is 5.76 Å². The van der Waals surface area contributed by atoms with Crippen LogP contribution in [0.5, 0.6) is 11.5 Å². The number of likely N-dealkylation sites (tertiary alicyclic amines) is 1. The van der Waals surface area contributed by atoms with Crippen LogP contribution in [0, 0.1) is 13.8 Å². The number of carbonyl (C=O) groups excluding carboxylic acids is 2. The highest BCUT2D eigenvalue weighted by atomic mass is 16.5. The summed E-state index contributed by atoms with van der Waals surface area (Å²) in [5.41, 5.74) is 2.91. The molecule has 1 N–H and O–H groups in total. The molecule has 0 radical (unpaired) electrons. The Morgan fingerprint density at radius 2 is 1.78 bits per heavy atom. The Morgan fingerprint density at radius 1 is 1.06 bits per heavy atom. The maximum Gasteiger partial charge on any atom is 0.295 e. The van der Waals surface area contributed by atoms with Crippen LogP contribution in [0.15, 0.2) is 42.0 Å². The predicted octanol–water partition coefficient (Wildman–Crippen LogP) is 3.30. The van der Waals surface area contributed by atoms with E-state index in [0.29, 0.717) is 35.7 Å². The van der Waals surface area contributed by atoms with Crippen LogP contribution >= 0.6 is 0 Å². The van der Waals surface area contributed by atoms with Gasteiger partial charge in [-0.1, -0.05) is 17.7 Å². The van der Waals surface area contributed by atoms with Crippen LogP contribution in [0.4, 0.5) is 0 Å². The number of methoxy groups -OCH3 is 2. The standard InChI is InChI=1S/C25H30N2O5/c1-15-7-8-16(2)18(13-15)23(28)21-22(19-14-17(31-5)9-10-20(19)32-6)27(12-11-26(3)4)25(30)24(21)29/h7-10,13-14,22,28H,11-12H2,1-6H3/b23-21+. The monoisotopic (exact) mass is 438 g/mol. The summed E-state index contributed by atoms with van der Waals surface area (Å²) < 4.78 is 10.9. The first kappa shape index (κ1) is 23.3. The van der Waals surface area contributed by atoms with Gasteiger partial charge in [0.2, 0.25) is 0 Å². The number of likely N-dealkylation sites (N-methyl/N-ethyl adjacent to an activating group) is 1. The van der Waals surface area contributed by atoms with Gasteiger partial charge in [0.05, 0.1) is 25.8 Å². The molecule has 1 fully saturated rings. The predicted molar refractivity (Wildman–Crippen MR) is 123 cm³/mol. The topological polar surface area (TPSA) is 79.3 Å². The first-order valence-electron chi connectivity index (χ1n) is 10.4. The molecule has 0 bridgehead atoms. The molecule has 32 heavy (non-hydrogen) atoms. The number of rotatable bonds is 7. The van der Waals surface area contributed by atoms with Crippen molar-refractivity contribution in [2.75, 3.05) is 41.4 Å². The van der Waals surface area contributed by atoms with E-state index in [1.54, 1.807) is 25.3 Å². The van der Waals surface area contributed by atoms with Gasteiger partial charge in [0.1, 0.15) is 17.3 Å². The lowest BCUT2D eigenvalue weighted by molar-refractivity contribution is -0.140. The number of ether oxygens (including phenoxy) is 2. The molecule has 1 aliphatic rings. The van der Waals surface area contributed by atoms with E-state index in [9.17, 15) is 14.7 Å². The van der Waals surface area contributed by atoms with Crippen LogP contribution < -0.4 is 9.47 Å². The number of hydrogen-bond acceptors (Lipinski definition) is 6. The number of aliphatic hydroxyl groups is 1. The number of aliphatic hydroxyl groups excluding tert-OH is 1. The average Bonchev–Trinajstić information content (AvgIpc) is 3.02. The summed E-state index contributed by atoms with van der Waals surface area (Å²) in [5.74, 6) is -0.484. The van der Waals surface area contributed by atoms with E-state index in [-0.39, 0.29) is 11.3 Å². The molecule has 1 atom stereocenters. The van der Waals surface area contributed by atoms with Gasteiger partial charge >= 0.3 is 0 Å². The second-order valence-corrected chi connectivity index (χ2v) is 8.22. The van der Waals surface area contributed by atoms with Gasteiger partial charge in [-0.05, 0) is 57.8 Å². The summed E-state index contributed by atoms with van der Waals surface area (Å²) in [5, 5.41) is 11.3. The molecule has 1 unspecified atom stereocenters. The Balaban J connectivity index is 2.28. The van der Waals surface area contributed by atoms with E-state index in [0.717, 1.165) is 11.1 Å². The van der Waals surface area contributed by atoms with Crippen LogP contribution in [0.2, 0.25) is 0 Å². The third-order valence-corrected chi connectivity index (χ3v) is 5.71. The van der Waals surface area contributed by atoms with E-state index in [1.807, 2.05) is 51.0 Å². The van der Waals surface area contributed by atoms with Gasteiger partial charge in [0, 0.05) is 24.2 Å². The fourth-order valence-corrected chi connectivity index (χ4v) is 3.93. The second kappa shape index (κ2) is 9.44. The highest BCUT2D eigenvalue weighted by molar-refractivity contribution is 6.46. The molecule has 0 spiro atoms. The zero-order valence-corrected chi connectivity index (χ0v) is 19.4. The highest BCUT2D eigenvalue weighted by Gasteiger charge is 2.47. The van der Waals surface area contributed by atoms with E-state index in [2.05, 4.69) is 0 Å². The van der Waals surface area contributed by atoms with Crippen molar-refractivity contribution >= 4 is 17.4 Å². The Labute approximate surface area is 188 Å². The largest absolute Gasteiger partial charge is 0.507 e. The van der Waals surface area contributed by atoms with Crippen LogP contribution in [-0.4, -0.2) is 68.0 Å². The Hall–Kier alpha value is -3.32. The lowest BCUT2D eigenvalue weighted by Crippen LogP contribution is -2.35. The minimum Gasteiger partial charge on any atom is -0.507 e. The van der Waals surface area contributed by atoms with Crippen molar-refractivity contribution in [3.8, 4) is 11.5 Å². The molecule has 7 heteroatoms. The summed E-state index contributed by atoms with van der Waals surface area (Å²) in [6, 6.07) is 10.1. The van der Waals surface area contributed by atoms with Gasteiger partial charge < -0.3 is 24.4 Å². The van der Waals surface area contributed by atoms with Crippen molar-refractivity contribution in [1.82, 2.24) is 9.80 Å². The number of benzene rings is 2. The summed E-state index contributed by atoms with van der Waals surface area (Å²) in [6.07, 6.45) is 0. The quantitative estimate of drug-likeness (QED) is 0.406. The summed E-state index contributed by atoms with van der Waals surface area (Å²) in [6.45, 7) is 4.64. The number of aryl methyl sites for hydroxylation is 2. The molecule has 3 rings (SSSR count). The Kier molecular flexibility index (Phi) is 6.89. The van der Waals surface area contributed by atoms with Crippen molar-refractivity contribution in [2.24, 2.45) is 0 Å². The number of hydrogen-bond donors (Lipinski definition) is 1. The van der Waals surface area contributed by atoms with Crippen molar-refractivity contribution in [1.29, 1.82) is 0 Å². The van der Waals surface area contributed by atoms with Crippen molar-refractivity contribution in [3.05, 3.63) is 64.2 Å². The zero-order valence-electron chi connectivity index (χ0n) is 19.4. The molecular weight excluding hydrogens is 408 g/mol. The third kappa shape index (κ3) is 4.34. The minimum atomic E-state index is -0.806.